The average Bonchev–Trinajstić information content (AvgIpc) is 3.47. The molecule has 0 saturated carbocycles. The van der Waals surface area contributed by atoms with E-state index < -0.39 is 0 Å². The van der Waals surface area contributed by atoms with Crippen LogP contribution in [0, 0.1) is 6.08 Å². The molecule has 3 aromatic carbocycles. The molecule has 0 nitrogen and oxygen atoms in total. The largest absolute Gasteiger partial charge is 4.00 e. The molecule has 1 unspecified atom stereocenters. The third-order valence-corrected chi connectivity index (χ3v) is 8.84. The van der Waals surface area contributed by atoms with Crippen LogP contribution >= 0.6 is 7.53 Å². The first-order chi connectivity index (χ1) is 13.7. The van der Waals surface area contributed by atoms with Gasteiger partial charge < -0.3 is 24.8 Å². The van der Waals surface area contributed by atoms with E-state index in [1.165, 1.54) is 41.2 Å². The van der Waals surface area contributed by atoms with E-state index in [-0.39, 0.29) is 58.6 Å². The van der Waals surface area contributed by atoms with Crippen molar-refractivity contribution >= 4 is 28.8 Å². The Labute approximate surface area is 218 Å². The first-order valence-corrected chi connectivity index (χ1v) is 11.6. The molecule has 4 aromatic rings. The molecule has 4 heteroatoms. The molecule has 2 aliphatic rings. The minimum atomic E-state index is -0.264. The van der Waals surface area contributed by atoms with Gasteiger partial charge in [0, 0.05) is 5.12 Å². The van der Waals surface area contributed by atoms with Gasteiger partial charge >= 0.3 is 26.2 Å². The summed E-state index contributed by atoms with van der Waals surface area (Å²) in [7, 11) is -0.264. The van der Waals surface area contributed by atoms with E-state index in [1.54, 1.807) is 26.7 Å². The molecular formula is C27H25Cl2PZr. The molecule has 0 N–H and O–H groups in total. The molecule has 6 rings (SSSR count). The number of aryl methyl sites for hydroxylation is 1. The second-order valence-electron chi connectivity index (χ2n) is 7.87. The predicted octanol–water partition coefficient (Wildman–Crippen LogP) is 2.27. The van der Waals surface area contributed by atoms with Gasteiger partial charge in [-0.25, -0.2) is 11.1 Å². The van der Waals surface area contributed by atoms with Crippen LogP contribution in [0.15, 0.2) is 77.9 Å². The van der Waals surface area contributed by atoms with Crippen LogP contribution in [0.5, 0.6) is 0 Å². The zero-order chi connectivity index (χ0) is 19.1. The number of fused-ring (bicyclic) bond motifs is 4. The van der Waals surface area contributed by atoms with Crippen LogP contribution in [-0.2, 0) is 39.0 Å². The fourth-order valence-electron chi connectivity index (χ4n) is 4.54. The van der Waals surface area contributed by atoms with E-state index in [0.29, 0.717) is 0 Å². The normalized spacial score (nSPS) is 14.5. The summed E-state index contributed by atoms with van der Waals surface area (Å²) >= 11 is 0. The van der Waals surface area contributed by atoms with Crippen molar-refractivity contribution in [3.05, 3.63) is 94.8 Å². The third-order valence-electron chi connectivity index (χ3n) is 6.16. The Hall–Kier alpha value is -0.967. The molecular weight excluding hydrogens is 517 g/mol. The quantitative estimate of drug-likeness (QED) is 0.324. The number of allylic oxidation sites excluding steroid dienone is 4. The van der Waals surface area contributed by atoms with Crippen LogP contribution in [0.2, 0.25) is 0 Å². The van der Waals surface area contributed by atoms with Gasteiger partial charge in [0.05, 0.1) is 0 Å². The average molecular weight is 543 g/mol. The monoisotopic (exact) mass is 540 g/mol. The van der Waals surface area contributed by atoms with Crippen molar-refractivity contribution in [3.8, 4) is 5.30 Å². The maximum Gasteiger partial charge on any atom is 4.00 e. The Morgan fingerprint density at radius 1 is 0.935 bits per heavy atom. The van der Waals surface area contributed by atoms with Gasteiger partial charge in [-0.15, -0.1) is 55.9 Å². The Balaban J connectivity index is 0.000000298. The van der Waals surface area contributed by atoms with Gasteiger partial charge in [-0.3, -0.25) is 6.08 Å². The van der Waals surface area contributed by atoms with E-state index >= 15 is 0 Å². The van der Waals surface area contributed by atoms with Crippen LogP contribution < -0.4 is 24.8 Å². The maximum absolute atomic E-state index is 3.19. The fourth-order valence-corrected chi connectivity index (χ4v) is 7.53. The smallest absolute Gasteiger partial charge is 1.00 e. The van der Waals surface area contributed by atoms with Crippen molar-refractivity contribution in [3.63, 3.8) is 0 Å². The van der Waals surface area contributed by atoms with E-state index in [0.717, 1.165) is 6.42 Å². The minimum absolute atomic E-state index is 0. The van der Waals surface area contributed by atoms with Crippen molar-refractivity contribution in [2.75, 3.05) is 0 Å². The first kappa shape index (κ1) is 26.3. The first-order valence-electron chi connectivity index (χ1n) is 10.2. The molecule has 1 atom stereocenters. The van der Waals surface area contributed by atoms with E-state index in [2.05, 4.69) is 86.7 Å². The van der Waals surface area contributed by atoms with Crippen molar-refractivity contribution in [2.45, 2.75) is 39.5 Å². The van der Waals surface area contributed by atoms with Crippen LogP contribution in [0.3, 0.4) is 0 Å². The molecule has 0 amide bonds. The summed E-state index contributed by atoms with van der Waals surface area (Å²) in [5.41, 5.74) is 4.38. The van der Waals surface area contributed by atoms with Crippen molar-refractivity contribution in [2.24, 2.45) is 0 Å². The van der Waals surface area contributed by atoms with Crippen LogP contribution in [0.1, 0.15) is 37.5 Å². The molecule has 31 heavy (non-hydrogen) atoms. The predicted molar refractivity (Wildman–Crippen MR) is 124 cm³/mol. The molecule has 0 radical (unpaired) electrons. The molecule has 0 spiro atoms. The standard InChI is InChI=1S/C20H16P.C7H9.2ClH.Zr/c1-2-7-15-13-16(12-14(15)6-1)21-19-10-4-3-8-17(19)18-9-5-11-20(18)21;1-6-4-3-5-7(6)2;;;/h1-4,6-8,10,12-13H,5,9,11H2;4H,3H2,1-2H3;2*1H;/q2*-1;;;+4/p-2. The Morgan fingerprint density at radius 2 is 1.68 bits per heavy atom. The number of rotatable bonds is 1. The summed E-state index contributed by atoms with van der Waals surface area (Å²) in [6.45, 7) is 4.22. The fraction of sp³-hybridized carbons (Fsp3) is 0.222. The zero-order valence-corrected chi connectivity index (χ0v) is 22.7. The molecule has 156 valence electrons. The second-order valence-corrected chi connectivity index (χ2v) is 10.1. The maximum atomic E-state index is 3.19. The van der Waals surface area contributed by atoms with Crippen molar-refractivity contribution < 1.29 is 51.0 Å². The summed E-state index contributed by atoms with van der Waals surface area (Å²) in [6.07, 6.45) is 10.3. The molecule has 1 aromatic heterocycles. The SMILES string of the molecule is CC1=[C-]CC=C1C.[Cl-].[Cl-].[Zr+4].c1ccc2[cH-]c(-p3c4c(c5ccccc53)CCC4)cc2c1. The molecule has 0 bridgehead atoms. The van der Waals surface area contributed by atoms with Crippen LogP contribution in [0.4, 0.5) is 0 Å². The number of halogens is 2. The van der Waals surface area contributed by atoms with Crippen LogP contribution in [-0.4, -0.2) is 0 Å². The molecule has 1 heterocycles. The third kappa shape index (κ3) is 5.02. The van der Waals surface area contributed by atoms with Gasteiger partial charge in [0.2, 0.25) is 0 Å². The summed E-state index contributed by atoms with van der Waals surface area (Å²) < 4.78 is 0. The van der Waals surface area contributed by atoms with Crippen molar-refractivity contribution in [1.82, 2.24) is 0 Å². The molecule has 0 fully saturated rings. The Kier molecular flexibility index (Phi) is 9.54. The Morgan fingerprint density at radius 3 is 2.35 bits per heavy atom. The van der Waals surface area contributed by atoms with E-state index in [9.17, 15) is 0 Å². The Bertz CT molecular complexity index is 1190. The molecule has 0 aliphatic heterocycles. The zero-order valence-electron chi connectivity index (χ0n) is 17.9. The molecule has 2 aliphatic carbocycles. The van der Waals surface area contributed by atoms with Gasteiger partial charge in [-0.05, 0) is 35.5 Å². The summed E-state index contributed by atoms with van der Waals surface area (Å²) in [5.74, 6) is 0. The summed E-state index contributed by atoms with van der Waals surface area (Å²) in [6, 6.07) is 22.7. The van der Waals surface area contributed by atoms with Crippen molar-refractivity contribution in [1.29, 1.82) is 0 Å². The van der Waals surface area contributed by atoms with E-state index in [4.69, 9.17) is 0 Å². The summed E-state index contributed by atoms with van der Waals surface area (Å²) in [5, 5.41) is 9.21. The van der Waals surface area contributed by atoms with Gasteiger partial charge in [0.1, 0.15) is 0 Å². The number of hydrogen-bond acceptors (Lipinski definition) is 0. The summed E-state index contributed by atoms with van der Waals surface area (Å²) in [4.78, 5) is 0. The topological polar surface area (TPSA) is 0 Å². The van der Waals surface area contributed by atoms with Gasteiger partial charge in [-0.2, -0.15) is 12.1 Å². The molecule has 0 saturated heterocycles. The second kappa shape index (κ2) is 11.3. The van der Waals surface area contributed by atoms with Gasteiger partial charge in [0.25, 0.3) is 0 Å². The number of benzene rings is 2. The number of hydrogen-bond donors (Lipinski definition) is 0. The van der Waals surface area contributed by atoms with Gasteiger partial charge in [0.15, 0.2) is 0 Å². The van der Waals surface area contributed by atoms with Gasteiger partial charge in [-0.1, -0.05) is 42.6 Å². The van der Waals surface area contributed by atoms with E-state index in [1.807, 2.05) is 0 Å². The van der Waals surface area contributed by atoms with Crippen LogP contribution in [0.25, 0.3) is 26.6 Å². The minimum Gasteiger partial charge on any atom is -1.00 e.